The summed E-state index contributed by atoms with van der Waals surface area (Å²) in [6, 6.07) is 15.2. The second kappa shape index (κ2) is 16.5. The second-order valence-electron chi connectivity index (χ2n) is 10.1. The summed E-state index contributed by atoms with van der Waals surface area (Å²) in [6.07, 6.45) is 1.86. The quantitative estimate of drug-likeness (QED) is 0.206. The van der Waals surface area contributed by atoms with E-state index in [1.165, 1.54) is 11.3 Å². The molecule has 0 saturated heterocycles. The maximum absolute atomic E-state index is 11.4. The van der Waals surface area contributed by atoms with Crippen molar-refractivity contribution in [1.29, 1.82) is 0 Å². The van der Waals surface area contributed by atoms with Crippen LogP contribution < -0.4 is 9.46 Å². The van der Waals surface area contributed by atoms with Crippen LogP contribution in [0.25, 0.3) is 21.6 Å². The first-order valence-corrected chi connectivity index (χ1v) is 17.9. The first-order chi connectivity index (χ1) is 18.8. The molecule has 0 aliphatic heterocycles. The van der Waals surface area contributed by atoms with Crippen molar-refractivity contribution in [3.05, 3.63) is 59.3 Å². The topological polar surface area (TPSA) is 115 Å². The average molecular weight is 656 g/mol. The zero-order chi connectivity index (χ0) is 29.5. The Hall–Kier alpha value is -2.38. The van der Waals surface area contributed by atoms with Crippen molar-refractivity contribution in [2.24, 2.45) is 0 Å². The summed E-state index contributed by atoms with van der Waals surface area (Å²) < 4.78 is 53.7. The Bertz CT molecular complexity index is 1550. The van der Waals surface area contributed by atoms with E-state index in [0.717, 1.165) is 34.4 Å². The summed E-state index contributed by atoms with van der Waals surface area (Å²) in [7, 11) is -5.95. The number of sulfonamides is 1. The van der Waals surface area contributed by atoms with Crippen molar-refractivity contribution >= 4 is 53.6 Å². The maximum atomic E-state index is 11.4. The van der Waals surface area contributed by atoms with E-state index in [1.54, 1.807) is 56.5 Å². The van der Waals surface area contributed by atoms with Gasteiger partial charge in [-0.3, -0.25) is 0 Å². The van der Waals surface area contributed by atoms with Crippen molar-refractivity contribution in [2.75, 3.05) is 0 Å². The second-order valence-corrected chi connectivity index (χ2v) is 16.7. The molecule has 0 bridgehead atoms. The first-order valence-electron chi connectivity index (χ1n) is 13.1. The molecule has 42 heavy (non-hydrogen) atoms. The Labute approximate surface area is 260 Å². The smallest absolute Gasteiger partial charge is 0.250 e. The molecule has 8 nitrogen and oxygen atoms in total. The molecular formula is C30H45N3O5S4. The third-order valence-corrected chi connectivity index (χ3v) is 12.1. The third-order valence-electron chi connectivity index (χ3n) is 5.44. The Morgan fingerprint density at radius 2 is 1.38 bits per heavy atom. The van der Waals surface area contributed by atoms with Gasteiger partial charge >= 0.3 is 0 Å². The first kappa shape index (κ1) is 37.6. The number of thiophene rings is 2. The zero-order valence-electron chi connectivity index (χ0n) is 23.6. The Morgan fingerprint density at radius 3 is 1.81 bits per heavy atom. The van der Waals surface area contributed by atoms with Crippen molar-refractivity contribution in [1.82, 2.24) is 14.7 Å². The van der Waals surface area contributed by atoms with Gasteiger partial charge in [0.25, 0.3) is 0 Å². The van der Waals surface area contributed by atoms with Crippen LogP contribution in [-0.4, -0.2) is 49.4 Å². The molecule has 1 N–H and O–H groups in total. The van der Waals surface area contributed by atoms with Gasteiger partial charge in [-0.15, -0.1) is 22.7 Å². The van der Waals surface area contributed by atoms with E-state index >= 15 is 0 Å². The highest BCUT2D eigenvalue weighted by Crippen LogP contribution is 2.32. The molecule has 1 aromatic carbocycles. The van der Waals surface area contributed by atoms with E-state index < -0.39 is 19.9 Å². The highest BCUT2D eigenvalue weighted by atomic mass is 32.2. The van der Waals surface area contributed by atoms with E-state index in [-0.39, 0.29) is 37.5 Å². The lowest BCUT2D eigenvalue weighted by molar-refractivity contribution is 0.234. The predicted octanol–water partition coefficient (Wildman–Crippen LogP) is 7.82. The number of hydrogen-bond acceptors (Lipinski definition) is 9. The largest absolute Gasteiger partial charge is 0.473 e. The van der Waals surface area contributed by atoms with Crippen LogP contribution in [0, 0.1) is 0 Å². The lowest BCUT2D eigenvalue weighted by Crippen LogP contribution is -2.29. The fourth-order valence-electron chi connectivity index (χ4n) is 3.43. The molecule has 3 heterocycles. The van der Waals surface area contributed by atoms with Crippen LogP contribution in [0.15, 0.2) is 63.5 Å². The molecule has 5 rings (SSSR count). The van der Waals surface area contributed by atoms with Gasteiger partial charge in [-0.2, -0.15) is 0 Å². The summed E-state index contributed by atoms with van der Waals surface area (Å²) in [4.78, 5) is 10.4. The standard InChI is InChI=1S/C15H14N2OS.C7H11NO2S2.C6H12O2S.2CH4/c1-10(2)18-15-14(13-8-5-9-19-13)16-11-6-3-4-7-12(11)17-15;1-6(2)8-12(9,10)7-4-3-5-11-7;1-5(2)9(7,8)6-3-4-6;;/h3-10H,1-2H3;3-6,8H,1-2H3;5-6H,3-4H2,1-2H3;2*1H4. The predicted molar refractivity (Wildman–Crippen MR) is 179 cm³/mol. The average Bonchev–Trinajstić information content (AvgIpc) is 3.34. The molecule has 0 unspecified atom stereocenters. The number of hydrogen-bond donors (Lipinski definition) is 1. The summed E-state index contributed by atoms with van der Waals surface area (Å²) in [6.45, 7) is 11.1. The van der Waals surface area contributed by atoms with Crippen molar-refractivity contribution in [3.63, 3.8) is 0 Å². The summed E-state index contributed by atoms with van der Waals surface area (Å²) >= 11 is 2.86. The van der Waals surface area contributed by atoms with Crippen LogP contribution in [0.1, 0.15) is 69.2 Å². The zero-order valence-corrected chi connectivity index (χ0v) is 26.8. The number of fused-ring (bicyclic) bond motifs is 1. The number of aromatic nitrogens is 2. The lowest BCUT2D eigenvalue weighted by atomic mass is 10.2. The van der Waals surface area contributed by atoms with Gasteiger partial charge in [0, 0.05) is 6.04 Å². The number of sulfone groups is 1. The summed E-state index contributed by atoms with van der Waals surface area (Å²) in [5.74, 6) is 0.608. The Balaban J connectivity index is 0.000000333. The Kier molecular flexibility index (Phi) is 14.8. The number of para-hydroxylation sites is 2. The molecule has 234 valence electrons. The molecule has 12 heteroatoms. The molecule has 1 aliphatic rings. The van der Waals surface area contributed by atoms with E-state index in [9.17, 15) is 16.8 Å². The molecule has 4 aromatic rings. The highest BCUT2D eigenvalue weighted by molar-refractivity contribution is 7.92. The Morgan fingerprint density at radius 1 is 0.810 bits per heavy atom. The van der Waals surface area contributed by atoms with Gasteiger partial charge in [-0.25, -0.2) is 31.5 Å². The monoisotopic (exact) mass is 655 g/mol. The van der Waals surface area contributed by atoms with E-state index in [0.29, 0.717) is 10.1 Å². The number of benzene rings is 1. The van der Waals surface area contributed by atoms with Gasteiger partial charge in [-0.05, 0) is 89.4 Å². The van der Waals surface area contributed by atoms with Gasteiger partial charge in [-0.1, -0.05) is 39.1 Å². The summed E-state index contributed by atoms with van der Waals surface area (Å²) in [5.41, 5.74) is 2.57. The van der Waals surface area contributed by atoms with E-state index in [2.05, 4.69) is 9.71 Å². The number of nitrogens with one attached hydrogen (secondary N) is 1. The van der Waals surface area contributed by atoms with Crippen molar-refractivity contribution in [2.45, 2.75) is 96.1 Å². The SMILES string of the molecule is C.C.CC(C)NS(=O)(=O)c1cccs1.CC(C)Oc1nc2ccccc2nc1-c1cccs1.CC(C)S(=O)(=O)C1CC1. The molecule has 3 aromatic heterocycles. The maximum Gasteiger partial charge on any atom is 0.250 e. The fraction of sp³-hybridized carbons (Fsp3) is 0.467. The van der Waals surface area contributed by atoms with Crippen LogP contribution in [0.4, 0.5) is 0 Å². The number of nitrogens with zero attached hydrogens (tertiary/aromatic N) is 2. The molecule has 1 saturated carbocycles. The third kappa shape index (κ3) is 10.7. The molecule has 1 aliphatic carbocycles. The van der Waals surface area contributed by atoms with Gasteiger partial charge in [0.15, 0.2) is 9.84 Å². The van der Waals surface area contributed by atoms with Gasteiger partial charge in [0.1, 0.15) is 9.90 Å². The van der Waals surface area contributed by atoms with Crippen LogP contribution in [-0.2, 0) is 19.9 Å². The molecule has 0 radical (unpaired) electrons. The number of ether oxygens (including phenoxy) is 1. The number of rotatable bonds is 8. The van der Waals surface area contributed by atoms with Crippen molar-refractivity contribution in [3.8, 4) is 16.5 Å². The highest BCUT2D eigenvalue weighted by Gasteiger charge is 2.37. The minimum absolute atomic E-state index is 0. The van der Waals surface area contributed by atoms with Crippen LogP contribution in [0.3, 0.4) is 0 Å². The lowest BCUT2D eigenvalue weighted by Gasteiger charge is -2.12. The van der Waals surface area contributed by atoms with E-state index in [4.69, 9.17) is 9.72 Å². The van der Waals surface area contributed by atoms with Crippen LogP contribution >= 0.6 is 22.7 Å². The molecule has 1 fully saturated rings. The van der Waals surface area contributed by atoms with Crippen LogP contribution in [0.5, 0.6) is 5.88 Å². The molecular weight excluding hydrogens is 611 g/mol. The van der Waals surface area contributed by atoms with Gasteiger partial charge in [0.2, 0.25) is 15.9 Å². The van der Waals surface area contributed by atoms with Crippen LogP contribution in [0.2, 0.25) is 0 Å². The van der Waals surface area contributed by atoms with E-state index in [1.807, 2.05) is 55.6 Å². The van der Waals surface area contributed by atoms with Gasteiger partial charge in [0.05, 0.1) is 32.5 Å². The minimum atomic E-state index is -3.25. The normalized spacial score (nSPS) is 13.0. The minimum Gasteiger partial charge on any atom is -0.473 e. The molecule has 0 amide bonds. The molecule has 0 spiro atoms. The molecule has 0 atom stereocenters. The van der Waals surface area contributed by atoms with Crippen molar-refractivity contribution < 1.29 is 21.6 Å². The van der Waals surface area contributed by atoms with Gasteiger partial charge < -0.3 is 4.74 Å². The fourth-order valence-corrected chi connectivity index (χ4v) is 7.96. The summed E-state index contributed by atoms with van der Waals surface area (Å²) in [5, 5.41) is 3.61.